The molecule has 1 heterocycles. The Balaban J connectivity index is 2.67. The van der Waals surface area contributed by atoms with Crippen molar-refractivity contribution < 1.29 is 0 Å². The second-order valence-corrected chi connectivity index (χ2v) is 3.85. The van der Waals surface area contributed by atoms with Crippen molar-refractivity contribution in [3.05, 3.63) is 11.9 Å². The molecule has 5 nitrogen and oxygen atoms in total. The Morgan fingerprint density at radius 1 is 1.64 bits per heavy atom. The van der Waals surface area contributed by atoms with Crippen molar-refractivity contribution in [2.75, 3.05) is 7.05 Å². The van der Waals surface area contributed by atoms with E-state index in [1.165, 1.54) is 4.80 Å². The molecular formula is C9H15N5. The number of nitrogens with zero attached hydrogens (tertiary/aromatic N) is 5. The van der Waals surface area contributed by atoms with Crippen LogP contribution in [0.1, 0.15) is 19.5 Å². The topological polar surface area (TPSA) is 57.7 Å². The molecule has 0 aliphatic carbocycles. The number of hydrogen-bond donors (Lipinski definition) is 0. The number of nitriles is 1. The van der Waals surface area contributed by atoms with E-state index < -0.39 is 5.54 Å². The Morgan fingerprint density at radius 2 is 2.29 bits per heavy atom. The Hall–Kier alpha value is -1.41. The van der Waals surface area contributed by atoms with Crippen LogP contribution < -0.4 is 0 Å². The van der Waals surface area contributed by atoms with E-state index in [4.69, 9.17) is 5.26 Å². The Labute approximate surface area is 83.9 Å². The lowest BCUT2D eigenvalue weighted by Gasteiger charge is -2.27. The van der Waals surface area contributed by atoms with Crippen molar-refractivity contribution in [1.29, 1.82) is 5.26 Å². The van der Waals surface area contributed by atoms with Crippen molar-refractivity contribution in [2.24, 2.45) is 7.05 Å². The summed E-state index contributed by atoms with van der Waals surface area (Å²) < 4.78 is 0. The molecule has 0 unspecified atom stereocenters. The van der Waals surface area contributed by atoms with E-state index in [2.05, 4.69) is 16.3 Å². The van der Waals surface area contributed by atoms with E-state index >= 15 is 0 Å². The standard InChI is InChI=1S/C9H15N5/c1-9(2,7-10)13(3)6-8-5-11-14(4)12-8/h5H,6H2,1-4H3. The van der Waals surface area contributed by atoms with E-state index in [1.807, 2.05) is 25.8 Å². The number of hydrogen-bond acceptors (Lipinski definition) is 4. The Kier molecular flexibility index (Phi) is 2.87. The molecule has 0 fully saturated rings. The first-order valence-electron chi connectivity index (χ1n) is 4.43. The fourth-order valence-electron chi connectivity index (χ4n) is 0.986. The molecule has 76 valence electrons. The molecule has 0 amide bonds. The second-order valence-electron chi connectivity index (χ2n) is 3.85. The normalized spacial score (nSPS) is 11.7. The molecule has 0 spiro atoms. The fourth-order valence-corrected chi connectivity index (χ4v) is 0.986. The van der Waals surface area contributed by atoms with Gasteiger partial charge in [-0.1, -0.05) is 0 Å². The van der Waals surface area contributed by atoms with Gasteiger partial charge in [0.15, 0.2) is 0 Å². The molecular weight excluding hydrogens is 178 g/mol. The minimum Gasteiger partial charge on any atom is -0.283 e. The maximum atomic E-state index is 8.91. The van der Waals surface area contributed by atoms with Crippen LogP contribution >= 0.6 is 0 Å². The summed E-state index contributed by atoms with van der Waals surface area (Å²) in [7, 11) is 3.68. The van der Waals surface area contributed by atoms with Crippen LogP contribution in [-0.2, 0) is 13.6 Å². The summed E-state index contributed by atoms with van der Waals surface area (Å²) in [6.45, 7) is 4.39. The average molecular weight is 193 g/mol. The lowest BCUT2D eigenvalue weighted by Crippen LogP contribution is -2.39. The molecule has 0 aliphatic rings. The van der Waals surface area contributed by atoms with Crippen molar-refractivity contribution in [2.45, 2.75) is 25.9 Å². The van der Waals surface area contributed by atoms with Crippen molar-refractivity contribution >= 4 is 0 Å². The summed E-state index contributed by atoms with van der Waals surface area (Å²) in [6, 6.07) is 2.24. The smallest absolute Gasteiger partial charge is 0.103 e. The van der Waals surface area contributed by atoms with Crippen LogP contribution in [0.3, 0.4) is 0 Å². The molecule has 0 atom stereocenters. The highest BCUT2D eigenvalue weighted by Crippen LogP contribution is 2.12. The second kappa shape index (κ2) is 3.76. The molecule has 0 saturated heterocycles. The van der Waals surface area contributed by atoms with Gasteiger partial charge in [-0.2, -0.15) is 20.3 Å². The monoisotopic (exact) mass is 193 g/mol. The van der Waals surface area contributed by atoms with Gasteiger partial charge < -0.3 is 0 Å². The molecule has 1 rings (SSSR count). The van der Waals surface area contributed by atoms with Gasteiger partial charge in [0.05, 0.1) is 18.0 Å². The van der Waals surface area contributed by atoms with Gasteiger partial charge in [-0.3, -0.25) is 4.90 Å². The molecule has 1 aromatic heterocycles. The van der Waals surface area contributed by atoms with E-state index in [9.17, 15) is 0 Å². The van der Waals surface area contributed by atoms with Gasteiger partial charge in [-0.25, -0.2) is 0 Å². The maximum Gasteiger partial charge on any atom is 0.103 e. The molecule has 0 N–H and O–H groups in total. The maximum absolute atomic E-state index is 8.91. The highest BCUT2D eigenvalue weighted by atomic mass is 15.5. The minimum absolute atomic E-state index is 0.475. The third kappa shape index (κ3) is 2.30. The summed E-state index contributed by atoms with van der Waals surface area (Å²) >= 11 is 0. The third-order valence-electron chi connectivity index (χ3n) is 2.27. The predicted octanol–water partition coefficient (Wildman–Crippen LogP) is 0.549. The van der Waals surface area contributed by atoms with Gasteiger partial charge in [0, 0.05) is 13.6 Å². The molecule has 0 bridgehead atoms. The molecule has 0 radical (unpaired) electrons. The van der Waals surface area contributed by atoms with E-state index in [0.29, 0.717) is 6.54 Å². The zero-order chi connectivity index (χ0) is 10.8. The summed E-state index contributed by atoms with van der Waals surface area (Å²) in [4.78, 5) is 3.46. The van der Waals surface area contributed by atoms with Crippen molar-refractivity contribution in [3.63, 3.8) is 0 Å². The van der Waals surface area contributed by atoms with Gasteiger partial charge in [0.2, 0.25) is 0 Å². The van der Waals surface area contributed by atoms with E-state index in [1.54, 1.807) is 13.2 Å². The quantitative estimate of drug-likeness (QED) is 0.703. The van der Waals surface area contributed by atoms with Crippen LogP contribution in [0.4, 0.5) is 0 Å². The Bertz CT molecular complexity index is 346. The largest absolute Gasteiger partial charge is 0.283 e. The summed E-state index contributed by atoms with van der Waals surface area (Å²) in [6.07, 6.45) is 1.71. The van der Waals surface area contributed by atoms with Gasteiger partial charge >= 0.3 is 0 Å². The first-order chi connectivity index (χ1) is 6.45. The molecule has 14 heavy (non-hydrogen) atoms. The molecule has 0 aliphatic heterocycles. The van der Waals surface area contributed by atoms with Gasteiger partial charge in [-0.05, 0) is 20.9 Å². The van der Waals surface area contributed by atoms with Crippen molar-refractivity contribution in [1.82, 2.24) is 19.9 Å². The zero-order valence-electron chi connectivity index (χ0n) is 9.02. The van der Waals surface area contributed by atoms with E-state index in [-0.39, 0.29) is 0 Å². The van der Waals surface area contributed by atoms with Crippen molar-refractivity contribution in [3.8, 4) is 6.07 Å². The highest BCUT2D eigenvalue weighted by Gasteiger charge is 2.23. The summed E-state index contributed by atoms with van der Waals surface area (Å²) in [5.41, 5.74) is 0.399. The average Bonchev–Trinajstić information content (AvgIpc) is 2.51. The lowest BCUT2D eigenvalue weighted by molar-refractivity contribution is 0.200. The minimum atomic E-state index is -0.475. The number of aryl methyl sites for hydroxylation is 1. The molecule has 1 aromatic rings. The van der Waals surface area contributed by atoms with Gasteiger partial charge in [-0.15, -0.1) is 0 Å². The fraction of sp³-hybridized carbons (Fsp3) is 0.667. The van der Waals surface area contributed by atoms with Crippen LogP contribution in [-0.4, -0.2) is 32.5 Å². The first-order valence-corrected chi connectivity index (χ1v) is 4.43. The highest BCUT2D eigenvalue weighted by molar-refractivity contribution is 5.03. The first kappa shape index (κ1) is 10.7. The van der Waals surface area contributed by atoms with Crippen LogP contribution in [0.2, 0.25) is 0 Å². The molecule has 0 saturated carbocycles. The SMILES string of the molecule is CN(Cc1cnn(C)n1)C(C)(C)C#N. The summed E-state index contributed by atoms with van der Waals surface area (Å²) in [5.74, 6) is 0. The predicted molar refractivity (Wildman–Crippen MR) is 52.2 cm³/mol. The number of aromatic nitrogens is 3. The molecule has 5 heteroatoms. The Morgan fingerprint density at radius 3 is 2.71 bits per heavy atom. The van der Waals surface area contributed by atoms with Crippen LogP contribution in [0.5, 0.6) is 0 Å². The summed E-state index contributed by atoms with van der Waals surface area (Å²) in [5, 5.41) is 17.0. The molecule has 0 aromatic carbocycles. The lowest BCUT2D eigenvalue weighted by atomic mass is 10.1. The van der Waals surface area contributed by atoms with Crippen LogP contribution in [0.15, 0.2) is 6.20 Å². The zero-order valence-corrected chi connectivity index (χ0v) is 9.02. The van der Waals surface area contributed by atoms with Crippen LogP contribution in [0.25, 0.3) is 0 Å². The van der Waals surface area contributed by atoms with Gasteiger partial charge in [0.25, 0.3) is 0 Å². The van der Waals surface area contributed by atoms with Gasteiger partial charge in [0.1, 0.15) is 5.54 Å². The van der Waals surface area contributed by atoms with Crippen LogP contribution in [0, 0.1) is 11.3 Å². The number of rotatable bonds is 3. The van der Waals surface area contributed by atoms with E-state index in [0.717, 1.165) is 5.69 Å². The third-order valence-corrected chi connectivity index (χ3v) is 2.27.